The Kier molecular flexibility index (Phi) is 4.63. The number of carbonyl (C=O) groups is 1. The number of amides is 1. The molecule has 2 fully saturated rings. The fourth-order valence-corrected chi connectivity index (χ4v) is 4.20. The highest BCUT2D eigenvalue weighted by Crippen LogP contribution is 2.41. The minimum Gasteiger partial charge on any atom is -0.396 e. The minimum absolute atomic E-state index is 0.0208. The summed E-state index contributed by atoms with van der Waals surface area (Å²) in [4.78, 5) is 16.6. The Morgan fingerprint density at radius 3 is 2.96 bits per heavy atom. The van der Waals surface area contributed by atoms with Crippen molar-refractivity contribution >= 4 is 17.5 Å². The molecule has 126 valence electrons. The Labute approximate surface area is 140 Å². The molecule has 0 spiro atoms. The van der Waals surface area contributed by atoms with Gasteiger partial charge in [0.15, 0.2) is 0 Å². The summed E-state index contributed by atoms with van der Waals surface area (Å²) in [6.07, 6.45) is 2.78. The van der Waals surface area contributed by atoms with Gasteiger partial charge in [-0.3, -0.25) is 4.79 Å². The van der Waals surface area contributed by atoms with Gasteiger partial charge in [0, 0.05) is 29.6 Å². The van der Waals surface area contributed by atoms with E-state index in [0.29, 0.717) is 18.1 Å². The summed E-state index contributed by atoms with van der Waals surface area (Å²) in [6.45, 7) is 2.15. The maximum Gasteiger partial charge on any atom is 0.256 e. The van der Waals surface area contributed by atoms with Gasteiger partial charge >= 0.3 is 0 Å². The van der Waals surface area contributed by atoms with Crippen molar-refractivity contribution in [1.82, 2.24) is 9.80 Å². The van der Waals surface area contributed by atoms with Crippen molar-refractivity contribution in [3.8, 4) is 0 Å². The first-order chi connectivity index (χ1) is 11.0. The molecular formula is C17H22ClFN2O2. The third-order valence-electron chi connectivity index (χ3n) is 5.46. The highest BCUT2D eigenvalue weighted by Gasteiger charge is 2.47. The van der Waals surface area contributed by atoms with E-state index in [1.165, 1.54) is 18.2 Å². The number of aliphatic hydroxyl groups is 1. The van der Waals surface area contributed by atoms with Gasteiger partial charge in [-0.15, -0.1) is 0 Å². The van der Waals surface area contributed by atoms with Crippen LogP contribution in [0.25, 0.3) is 0 Å². The van der Waals surface area contributed by atoms with Gasteiger partial charge in [-0.05, 0) is 51.1 Å². The molecule has 1 aromatic carbocycles. The highest BCUT2D eigenvalue weighted by molar-refractivity contribution is 6.31. The van der Waals surface area contributed by atoms with E-state index in [1.54, 1.807) is 4.90 Å². The standard InChI is InChI=1S/C17H22ClFN2O2/c1-20-7-2-5-17(11-22)6-8-21(10-15(17)20)16(23)13-9-12(18)3-4-14(13)19/h3-4,9,15,22H,2,5-8,10-11H2,1H3. The lowest BCUT2D eigenvalue weighted by Crippen LogP contribution is -2.62. The van der Waals surface area contributed by atoms with Crippen LogP contribution in [-0.2, 0) is 0 Å². The largest absolute Gasteiger partial charge is 0.396 e. The van der Waals surface area contributed by atoms with E-state index in [2.05, 4.69) is 4.90 Å². The Balaban J connectivity index is 1.83. The Bertz CT molecular complexity index is 612. The molecule has 0 bridgehead atoms. The smallest absolute Gasteiger partial charge is 0.256 e. The molecular weight excluding hydrogens is 319 g/mol. The van der Waals surface area contributed by atoms with E-state index >= 15 is 0 Å². The van der Waals surface area contributed by atoms with Crippen LogP contribution in [-0.4, -0.2) is 60.1 Å². The topological polar surface area (TPSA) is 43.8 Å². The van der Waals surface area contributed by atoms with Crippen LogP contribution in [0.1, 0.15) is 29.6 Å². The van der Waals surface area contributed by atoms with Gasteiger partial charge in [0.05, 0.1) is 12.2 Å². The fraction of sp³-hybridized carbons (Fsp3) is 0.588. The zero-order valence-electron chi connectivity index (χ0n) is 13.3. The SMILES string of the molecule is CN1CCCC2(CO)CCN(C(=O)c3cc(Cl)ccc3F)CC12. The monoisotopic (exact) mass is 340 g/mol. The maximum absolute atomic E-state index is 14.0. The first-order valence-electron chi connectivity index (χ1n) is 8.02. The molecule has 2 atom stereocenters. The molecule has 2 unspecified atom stereocenters. The van der Waals surface area contributed by atoms with Crippen LogP contribution in [0.2, 0.25) is 5.02 Å². The van der Waals surface area contributed by atoms with E-state index in [9.17, 15) is 14.3 Å². The maximum atomic E-state index is 14.0. The van der Waals surface area contributed by atoms with Gasteiger partial charge in [0.2, 0.25) is 0 Å². The van der Waals surface area contributed by atoms with Crippen LogP contribution in [0.3, 0.4) is 0 Å². The van der Waals surface area contributed by atoms with Crippen molar-refractivity contribution in [2.24, 2.45) is 5.41 Å². The van der Waals surface area contributed by atoms with Crippen LogP contribution in [0, 0.1) is 11.2 Å². The second-order valence-corrected chi connectivity index (χ2v) is 7.18. The van der Waals surface area contributed by atoms with Crippen molar-refractivity contribution in [2.75, 3.05) is 33.3 Å². The summed E-state index contributed by atoms with van der Waals surface area (Å²) in [5, 5.41) is 10.3. The molecule has 0 aliphatic carbocycles. The minimum atomic E-state index is -0.546. The normalized spacial score (nSPS) is 28.5. The van der Waals surface area contributed by atoms with Gasteiger partial charge in [0.1, 0.15) is 5.82 Å². The highest BCUT2D eigenvalue weighted by atomic mass is 35.5. The van der Waals surface area contributed by atoms with Gasteiger partial charge in [-0.2, -0.15) is 0 Å². The zero-order valence-corrected chi connectivity index (χ0v) is 14.0. The molecule has 2 aliphatic heterocycles. The number of halogens is 2. The number of carbonyl (C=O) groups excluding carboxylic acids is 1. The van der Waals surface area contributed by atoms with Crippen LogP contribution in [0.4, 0.5) is 4.39 Å². The number of rotatable bonds is 2. The average Bonchev–Trinajstić information content (AvgIpc) is 2.56. The van der Waals surface area contributed by atoms with E-state index in [0.717, 1.165) is 25.8 Å². The van der Waals surface area contributed by atoms with E-state index in [-0.39, 0.29) is 29.5 Å². The molecule has 2 saturated heterocycles. The van der Waals surface area contributed by atoms with Crippen LogP contribution >= 0.6 is 11.6 Å². The summed E-state index contributed by atoms with van der Waals surface area (Å²) in [5.41, 5.74) is -0.121. The second kappa shape index (κ2) is 6.38. The molecule has 4 nitrogen and oxygen atoms in total. The van der Waals surface area contributed by atoms with Gasteiger partial charge in [-0.1, -0.05) is 11.6 Å². The van der Waals surface area contributed by atoms with Gasteiger partial charge in [0.25, 0.3) is 5.91 Å². The second-order valence-electron chi connectivity index (χ2n) is 6.75. The Hall–Kier alpha value is -1.17. The van der Waals surface area contributed by atoms with E-state index in [1.807, 2.05) is 7.05 Å². The lowest BCUT2D eigenvalue weighted by molar-refractivity contribution is -0.0601. The number of nitrogens with zero attached hydrogens (tertiary/aromatic N) is 2. The van der Waals surface area contributed by atoms with Crippen molar-refractivity contribution in [2.45, 2.75) is 25.3 Å². The molecule has 1 amide bonds. The number of aliphatic hydroxyl groups excluding tert-OH is 1. The molecule has 1 aromatic rings. The summed E-state index contributed by atoms with van der Waals surface area (Å²) >= 11 is 5.90. The molecule has 2 aliphatic rings. The zero-order chi connectivity index (χ0) is 16.6. The average molecular weight is 341 g/mol. The third kappa shape index (κ3) is 2.97. The van der Waals surface area contributed by atoms with Gasteiger partial charge in [-0.25, -0.2) is 4.39 Å². The summed E-state index contributed by atoms with van der Waals surface area (Å²) in [7, 11) is 2.03. The van der Waals surface area contributed by atoms with Crippen molar-refractivity contribution < 1.29 is 14.3 Å². The number of piperidine rings is 2. The first kappa shape index (κ1) is 16.7. The Morgan fingerprint density at radius 1 is 1.43 bits per heavy atom. The number of benzene rings is 1. The number of likely N-dealkylation sites (N-methyl/N-ethyl adjacent to an activating group) is 1. The van der Waals surface area contributed by atoms with Crippen molar-refractivity contribution in [1.29, 1.82) is 0 Å². The molecule has 0 saturated carbocycles. The summed E-state index contributed by atoms with van der Waals surface area (Å²) in [5.74, 6) is -0.870. The van der Waals surface area contributed by atoms with Gasteiger partial charge < -0.3 is 14.9 Å². The van der Waals surface area contributed by atoms with Crippen molar-refractivity contribution in [3.63, 3.8) is 0 Å². The first-order valence-corrected chi connectivity index (χ1v) is 8.40. The molecule has 0 radical (unpaired) electrons. The Morgan fingerprint density at radius 2 is 2.22 bits per heavy atom. The predicted molar refractivity (Wildman–Crippen MR) is 87.1 cm³/mol. The lowest BCUT2D eigenvalue weighted by atomic mass is 9.69. The van der Waals surface area contributed by atoms with E-state index in [4.69, 9.17) is 11.6 Å². The number of fused-ring (bicyclic) bond motifs is 1. The molecule has 3 rings (SSSR count). The number of hydrogen-bond donors (Lipinski definition) is 1. The molecule has 2 heterocycles. The van der Waals surface area contributed by atoms with Crippen LogP contribution in [0.5, 0.6) is 0 Å². The third-order valence-corrected chi connectivity index (χ3v) is 5.69. The predicted octanol–water partition coefficient (Wildman–Crippen LogP) is 2.40. The quantitative estimate of drug-likeness (QED) is 0.899. The number of likely N-dealkylation sites (tertiary alicyclic amines) is 2. The van der Waals surface area contributed by atoms with E-state index < -0.39 is 5.82 Å². The van der Waals surface area contributed by atoms with Crippen LogP contribution < -0.4 is 0 Å². The fourth-order valence-electron chi connectivity index (χ4n) is 4.03. The summed E-state index contributed by atoms with van der Waals surface area (Å²) in [6, 6.07) is 4.17. The lowest BCUT2D eigenvalue weighted by Gasteiger charge is -2.53. The molecule has 1 N–H and O–H groups in total. The summed E-state index contributed by atoms with van der Waals surface area (Å²) < 4.78 is 14.0. The molecule has 6 heteroatoms. The molecule has 0 aromatic heterocycles. The van der Waals surface area contributed by atoms with Crippen molar-refractivity contribution in [3.05, 3.63) is 34.6 Å². The number of hydrogen-bond acceptors (Lipinski definition) is 3. The van der Waals surface area contributed by atoms with Crippen LogP contribution in [0.15, 0.2) is 18.2 Å². The molecule has 23 heavy (non-hydrogen) atoms.